The number of halogens is 6. The second-order valence-corrected chi connectivity index (χ2v) is 5.99. The summed E-state index contributed by atoms with van der Waals surface area (Å²) in [5, 5.41) is 1.64. The predicted octanol–water partition coefficient (Wildman–Crippen LogP) is 5.84. The molecular formula is C15H15F6NS. The zero-order valence-corrected chi connectivity index (χ0v) is 13.2. The van der Waals surface area contributed by atoms with Gasteiger partial charge in [0, 0.05) is 17.3 Å². The molecule has 1 atom stereocenters. The summed E-state index contributed by atoms with van der Waals surface area (Å²) in [4.78, 5) is 0.809. The molecule has 1 nitrogen and oxygen atoms in total. The van der Waals surface area contributed by atoms with Crippen LogP contribution in [-0.2, 0) is 0 Å². The summed E-state index contributed by atoms with van der Waals surface area (Å²) in [5.41, 5.74) is -2.46. The van der Waals surface area contributed by atoms with E-state index < -0.39 is 36.2 Å². The van der Waals surface area contributed by atoms with Crippen molar-refractivity contribution in [3.63, 3.8) is 0 Å². The van der Waals surface area contributed by atoms with Crippen LogP contribution in [0.25, 0.3) is 0 Å². The number of thiophene rings is 1. The van der Waals surface area contributed by atoms with E-state index in [4.69, 9.17) is 0 Å². The first-order valence-electron chi connectivity index (χ1n) is 7.01. The summed E-state index contributed by atoms with van der Waals surface area (Å²) in [7, 11) is 0. The maximum Gasteiger partial charge on any atom is 0.431 e. The molecule has 0 N–H and O–H groups in total. The van der Waals surface area contributed by atoms with Gasteiger partial charge >= 0.3 is 12.4 Å². The third-order valence-electron chi connectivity index (χ3n) is 3.67. The third-order valence-corrected chi connectivity index (χ3v) is 4.63. The molecule has 1 aliphatic heterocycles. The molecule has 8 heteroatoms. The smallest absolute Gasteiger partial charge is 0.334 e. The van der Waals surface area contributed by atoms with Gasteiger partial charge in [0.25, 0.3) is 0 Å². The molecule has 1 aromatic heterocycles. The van der Waals surface area contributed by atoms with Gasteiger partial charge in [0.15, 0.2) is 0 Å². The van der Waals surface area contributed by atoms with Crippen molar-refractivity contribution in [2.24, 2.45) is 0 Å². The summed E-state index contributed by atoms with van der Waals surface area (Å²) >= 11 is 1.15. The van der Waals surface area contributed by atoms with Crippen LogP contribution in [0.1, 0.15) is 31.1 Å². The number of hydrogen-bond donors (Lipinski definition) is 0. The maximum absolute atomic E-state index is 13.5. The zero-order chi connectivity index (χ0) is 17.4. The van der Waals surface area contributed by atoms with E-state index in [1.54, 1.807) is 17.5 Å². The van der Waals surface area contributed by atoms with Gasteiger partial charge in [-0.25, -0.2) is 0 Å². The highest BCUT2D eigenvalue weighted by atomic mass is 32.1. The van der Waals surface area contributed by atoms with Crippen LogP contribution in [0.3, 0.4) is 0 Å². The van der Waals surface area contributed by atoms with Crippen LogP contribution in [0.15, 0.2) is 40.6 Å². The Balaban J connectivity index is 2.71. The Morgan fingerprint density at radius 3 is 2.13 bits per heavy atom. The Morgan fingerprint density at radius 2 is 1.74 bits per heavy atom. The first kappa shape index (κ1) is 17.9. The van der Waals surface area contributed by atoms with E-state index in [1.807, 2.05) is 0 Å². The number of allylic oxidation sites excluding steroid dienone is 4. The molecule has 0 amide bonds. The van der Waals surface area contributed by atoms with Gasteiger partial charge in [0.2, 0.25) is 0 Å². The second-order valence-electron chi connectivity index (χ2n) is 5.01. The van der Waals surface area contributed by atoms with E-state index in [2.05, 4.69) is 0 Å². The molecule has 0 fully saturated rings. The summed E-state index contributed by atoms with van der Waals surface area (Å²) in [5.74, 6) is -1.00. The fraction of sp³-hybridized carbons (Fsp3) is 0.467. The van der Waals surface area contributed by atoms with E-state index in [0.29, 0.717) is 9.78 Å². The highest BCUT2D eigenvalue weighted by Gasteiger charge is 2.50. The lowest BCUT2D eigenvalue weighted by molar-refractivity contribution is -0.134. The van der Waals surface area contributed by atoms with Gasteiger partial charge < -0.3 is 4.90 Å². The second kappa shape index (κ2) is 6.22. The molecule has 0 saturated heterocycles. The van der Waals surface area contributed by atoms with E-state index >= 15 is 0 Å². The number of hydrogen-bond acceptors (Lipinski definition) is 2. The van der Waals surface area contributed by atoms with Crippen molar-refractivity contribution in [2.45, 2.75) is 38.5 Å². The molecule has 0 aromatic carbocycles. The maximum atomic E-state index is 13.5. The van der Waals surface area contributed by atoms with Crippen molar-refractivity contribution < 1.29 is 26.3 Å². The van der Waals surface area contributed by atoms with Gasteiger partial charge in [-0.15, -0.1) is 11.3 Å². The van der Waals surface area contributed by atoms with Gasteiger partial charge in [-0.05, 0) is 36.4 Å². The molecule has 128 valence electrons. The molecule has 0 radical (unpaired) electrons. The first-order chi connectivity index (χ1) is 10.6. The van der Waals surface area contributed by atoms with Crippen LogP contribution in [0.4, 0.5) is 26.3 Å². The SMILES string of the molecule is CCC1=C(C(F)(F)F)N(CC)C(C(F)(F)F)=CC1c1cccs1. The van der Waals surface area contributed by atoms with E-state index in [9.17, 15) is 26.3 Å². The summed E-state index contributed by atoms with van der Waals surface area (Å²) in [6, 6.07) is 3.18. The van der Waals surface area contributed by atoms with Crippen molar-refractivity contribution in [2.75, 3.05) is 6.54 Å². The standard InChI is InChI=1S/C15H15F6NS/c1-3-9-10(11-6-5-7-23-11)8-12(14(16,17)18)22(4-2)13(9)15(19,20)21/h5-8,10H,3-4H2,1-2H3. The fourth-order valence-electron chi connectivity index (χ4n) is 2.81. The largest absolute Gasteiger partial charge is 0.431 e. The summed E-state index contributed by atoms with van der Waals surface area (Å²) in [6.07, 6.45) is -8.76. The van der Waals surface area contributed by atoms with E-state index in [0.717, 1.165) is 17.4 Å². The van der Waals surface area contributed by atoms with Gasteiger partial charge in [-0.3, -0.25) is 0 Å². The quantitative estimate of drug-likeness (QED) is 0.616. The van der Waals surface area contributed by atoms with Crippen LogP contribution >= 0.6 is 11.3 Å². The predicted molar refractivity (Wildman–Crippen MR) is 77.0 cm³/mol. The normalized spacial score (nSPS) is 20.1. The van der Waals surface area contributed by atoms with Gasteiger partial charge in [-0.1, -0.05) is 13.0 Å². The lowest BCUT2D eigenvalue weighted by Gasteiger charge is -2.38. The molecule has 2 rings (SSSR count). The van der Waals surface area contributed by atoms with Crippen LogP contribution in [-0.4, -0.2) is 23.8 Å². The van der Waals surface area contributed by atoms with Crippen molar-refractivity contribution in [3.8, 4) is 0 Å². The van der Waals surface area contributed by atoms with Gasteiger partial charge in [0.05, 0.1) is 0 Å². The molecule has 1 aliphatic rings. The highest BCUT2D eigenvalue weighted by Crippen LogP contribution is 2.48. The van der Waals surface area contributed by atoms with Crippen LogP contribution in [0, 0.1) is 0 Å². The fourth-order valence-corrected chi connectivity index (χ4v) is 3.64. The monoisotopic (exact) mass is 355 g/mol. The minimum absolute atomic E-state index is 0.0234. The molecule has 0 spiro atoms. The number of alkyl halides is 6. The number of rotatable bonds is 3. The van der Waals surface area contributed by atoms with Crippen LogP contribution in [0.2, 0.25) is 0 Å². The molecule has 0 saturated carbocycles. The Kier molecular flexibility index (Phi) is 4.84. The molecular weight excluding hydrogens is 340 g/mol. The zero-order valence-electron chi connectivity index (χ0n) is 12.4. The molecule has 1 unspecified atom stereocenters. The molecule has 0 aliphatic carbocycles. The van der Waals surface area contributed by atoms with E-state index in [1.165, 1.54) is 13.8 Å². The summed E-state index contributed by atoms with van der Waals surface area (Å²) < 4.78 is 80.4. The van der Waals surface area contributed by atoms with Crippen molar-refractivity contribution in [1.29, 1.82) is 0 Å². The lowest BCUT2D eigenvalue weighted by Crippen LogP contribution is -2.40. The van der Waals surface area contributed by atoms with Crippen molar-refractivity contribution in [3.05, 3.63) is 45.4 Å². The Labute approximate surface area is 133 Å². The Bertz CT molecular complexity index is 609. The van der Waals surface area contributed by atoms with Crippen LogP contribution in [0.5, 0.6) is 0 Å². The lowest BCUT2D eigenvalue weighted by atomic mass is 9.88. The number of nitrogens with zero attached hydrogens (tertiary/aromatic N) is 1. The van der Waals surface area contributed by atoms with Crippen LogP contribution < -0.4 is 0 Å². The molecule has 23 heavy (non-hydrogen) atoms. The Hall–Kier alpha value is -1.44. The van der Waals surface area contributed by atoms with E-state index in [-0.39, 0.29) is 12.0 Å². The van der Waals surface area contributed by atoms with Crippen molar-refractivity contribution in [1.82, 2.24) is 4.90 Å². The Morgan fingerprint density at radius 1 is 1.09 bits per heavy atom. The third kappa shape index (κ3) is 3.41. The summed E-state index contributed by atoms with van der Waals surface area (Å²) in [6.45, 7) is 2.41. The average molecular weight is 355 g/mol. The molecule has 1 aromatic rings. The van der Waals surface area contributed by atoms with Gasteiger partial charge in [-0.2, -0.15) is 26.3 Å². The minimum atomic E-state index is -4.85. The highest BCUT2D eigenvalue weighted by molar-refractivity contribution is 7.10. The first-order valence-corrected chi connectivity index (χ1v) is 7.89. The molecule has 2 heterocycles. The van der Waals surface area contributed by atoms with Crippen molar-refractivity contribution >= 4 is 11.3 Å². The molecule has 0 bridgehead atoms. The van der Waals surface area contributed by atoms with Gasteiger partial charge in [0.1, 0.15) is 11.4 Å². The topological polar surface area (TPSA) is 3.24 Å². The average Bonchev–Trinajstić information content (AvgIpc) is 2.96. The minimum Gasteiger partial charge on any atom is -0.334 e.